The molecule has 3 fully saturated rings. The fourth-order valence-corrected chi connectivity index (χ4v) is 8.03. The van der Waals surface area contributed by atoms with Crippen LogP contribution in [0.5, 0.6) is 11.5 Å². The van der Waals surface area contributed by atoms with Crippen LogP contribution in [0.2, 0.25) is 0 Å². The molecular weight excluding hydrogens is 653 g/mol. The van der Waals surface area contributed by atoms with Crippen molar-refractivity contribution < 1.29 is 27.9 Å². The Balaban J connectivity index is 0.00000374. The van der Waals surface area contributed by atoms with Crippen LogP contribution in [-0.4, -0.2) is 91.3 Å². The van der Waals surface area contributed by atoms with Crippen molar-refractivity contribution in [2.45, 2.75) is 45.6 Å². The Hall–Kier alpha value is -4.94. The van der Waals surface area contributed by atoms with Crippen molar-refractivity contribution in [3.8, 4) is 17.2 Å². The van der Waals surface area contributed by atoms with E-state index in [4.69, 9.17) is 13.9 Å². The first kappa shape index (κ1) is 33.2. The topological polar surface area (TPSA) is 109 Å². The molecule has 0 saturated carbocycles. The monoisotopic (exact) mass is 695 g/mol. The van der Waals surface area contributed by atoms with E-state index < -0.39 is 17.2 Å². The number of nitrogens with zero attached hydrogens (tertiary/aromatic N) is 4. The van der Waals surface area contributed by atoms with Gasteiger partial charge in [-0.15, -0.1) is 0 Å². The van der Waals surface area contributed by atoms with E-state index in [1.807, 2.05) is 41.3 Å². The van der Waals surface area contributed by atoms with E-state index >= 15 is 4.39 Å². The standard InChI is InChI=1S/C38H38FN5O6.CH4/c39-28-18-26-34-37(35(28)43-13-8-23(21-43)40-33(45)9-12-41-10-4-1-5-11-41)50-32-19-25-24-6-2-3-7-30(24)49-31(25)20-29(32)44(34)22-27(36(26)46)38(47)42-14-16-48-17-15-42;/h2-3,6-7,18-20,22-23H,1,4-5,8-17,21H2,(H,40,45);1H4/t23-;/m1./s1. The summed E-state index contributed by atoms with van der Waals surface area (Å²) in [5.74, 6) is -0.400. The number of furan rings is 1. The summed E-state index contributed by atoms with van der Waals surface area (Å²) in [6.45, 7) is 5.18. The number of likely N-dealkylation sites (tertiary alicyclic amines) is 1. The van der Waals surface area contributed by atoms with Crippen LogP contribution in [0, 0.1) is 5.82 Å². The lowest BCUT2D eigenvalue weighted by Crippen LogP contribution is -2.42. The van der Waals surface area contributed by atoms with Crippen molar-refractivity contribution in [3.05, 3.63) is 70.3 Å². The van der Waals surface area contributed by atoms with E-state index in [0.29, 0.717) is 80.4 Å². The first-order valence-electron chi connectivity index (χ1n) is 17.6. The molecule has 0 unspecified atom stereocenters. The number of ether oxygens (including phenoxy) is 2. The molecule has 0 radical (unpaired) electrons. The van der Waals surface area contributed by atoms with Gasteiger partial charge >= 0.3 is 0 Å². The zero-order chi connectivity index (χ0) is 33.9. The Morgan fingerprint density at radius 3 is 2.55 bits per heavy atom. The molecule has 2 aromatic heterocycles. The molecule has 3 aromatic carbocycles. The third kappa shape index (κ3) is 5.80. The number of carbonyl (C=O) groups excluding carboxylic acids is 2. The molecule has 2 amide bonds. The number of morpholine rings is 1. The summed E-state index contributed by atoms with van der Waals surface area (Å²) < 4.78 is 36.5. The van der Waals surface area contributed by atoms with Crippen molar-refractivity contribution in [1.82, 2.24) is 19.7 Å². The minimum Gasteiger partial charge on any atom is -0.456 e. The number of halogens is 1. The van der Waals surface area contributed by atoms with E-state index in [1.54, 1.807) is 15.7 Å². The molecule has 12 heteroatoms. The lowest BCUT2D eigenvalue weighted by molar-refractivity contribution is -0.122. The molecule has 4 aliphatic rings. The molecular formula is C39H42FN5O6. The first-order chi connectivity index (χ1) is 24.4. The molecule has 0 spiro atoms. The van der Waals surface area contributed by atoms with Crippen molar-refractivity contribution >= 4 is 50.3 Å². The second-order valence-electron chi connectivity index (χ2n) is 13.7. The summed E-state index contributed by atoms with van der Waals surface area (Å²) in [7, 11) is 0. The van der Waals surface area contributed by atoms with Crippen LogP contribution in [-0.2, 0) is 9.53 Å². The van der Waals surface area contributed by atoms with Crippen LogP contribution in [0.25, 0.3) is 38.5 Å². The molecule has 6 heterocycles. The van der Waals surface area contributed by atoms with Gasteiger partial charge < -0.3 is 38.5 Å². The van der Waals surface area contributed by atoms with Gasteiger partial charge in [0, 0.05) is 68.2 Å². The van der Waals surface area contributed by atoms with Gasteiger partial charge in [0.15, 0.2) is 17.3 Å². The van der Waals surface area contributed by atoms with Gasteiger partial charge in [0.05, 0.1) is 24.3 Å². The predicted molar refractivity (Wildman–Crippen MR) is 194 cm³/mol. The Kier molecular flexibility index (Phi) is 8.67. The van der Waals surface area contributed by atoms with E-state index in [-0.39, 0.29) is 41.8 Å². The third-order valence-electron chi connectivity index (χ3n) is 10.6. The number of carbonyl (C=O) groups is 2. The van der Waals surface area contributed by atoms with Gasteiger partial charge in [0.1, 0.15) is 27.9 Å². The fraction of sp³-hybridized carbons (Fsp3) is 0.410. The number of amides is 2. The van der Waals surface area contributed by atoms with Crippen LogP contribution in [0.15, 0.2) is 57.9 Å². The smallest absolute Gasteiger partial charge is 0.259 e. The molecule has 4 aliphatic heterocycles. The normalized spacial score (nSPS) is 18.9. The molecule has 9 rings (SSSR count). The van der Waals surface area contributed by atoms with Crippen molar-refractivity contribution in [2.24, 2.45) is 0 Å². The second-order valence-corrected chi connectivity index (χ2v) is 13.7. The SMILES string of the molecule is C.O=C(CCN1CCCCC1)N[C@@H]1CCN(c2c(F)cc3c(=O)c(C(=O)N4CCOCC4)cn4c3c2Oc2cc3c(cc2-4)oc2ccccc23)C1. The van der Waals surface area contributed by atoms with Crippen LogP contribution < -0.4 is 20.4 Å². The molecule has 1 atom stereocenters. The maximum atomic E-state index is 16.5. The van der Waals surface area contributed by atoms with E-state index in [1.165, 1.54) is 25.3 Å². The lowest BCUT2D eigenvalue weighted by Gasteiger charge is -2.30. The summed E-state index contributed by atoms with van der Waals surface area (Å²) in [4.78, 5) is 46.5. The van der Waals surface area contributed by atoms with Crippen molar-refractivity contribution in [2.75, 3.05) is 63.9 Å². The summed E-state index contributed by atoms with van der Waals surface area (Å²) in [5, 5.41) is 4.95. The zero-order valence-electron chi connectivity index (χ0n) is 27.7. The number of pyridine rings is 1. The highest BCUT2D eigenvalue weighted by Crippen LogP contribution is 2.49. The van der Waals surface area contributed by atoms with Crippen molar-refractivity contribution in [3.63, 3.8) is 0 Å². The largest absolute Gasteiger partial charge is 0.456 e. The number of piperidine rings is 1. The number of anilines is 1. The maximum Gasteiger partial charge on any atom is 0.259 e. The van der Waals surface area contributed by atoms with Gasteiger partial charge in [-0.2, -0.15) is 0 Å². The number of para-hydroxylation sites is 1. The van der Waals surface area contributed by atoms with Crippen LogP contribution in [0.1, 0.15) is 49.9 Å². The summed E-state index contributed by atoms with van der Waals surface area (Å²) >= 11 is 0. The van der Waals surface area contributed by atoms with Gasteiger partial charge in [0.2, 0.25) is 11.3 Å². The quantitative estimate of drug-likeness (QED) is 0.233. The maximum absolute atomic E-state index is 16.5. The Bertz CT molecular complexity index is 2240. The first-order valence-corrected chi connectivity index (χ1v) is 17.6. The fourth-order valence-electron chi connectivity index (χ4n) is 8.03. The van der Waals surface area contributed by atoms with Gasteiger partial charge in [-0.05, 0) is 50.6 Å². The lowest BCUT2D eigenvalue weighted by atomic mass is 10.0. The highest BCUT2D eigenvalue weighted by molar-refractivity contribution is 6.07. The van der Waals surface area contributed by atoms with Gasteiger partial charge in [-0.3, -0.25) is 14.4 Å². The summed E-state index contributed by atoms with van der Waals surface area (Å²) in [6.07, 6.45) is 6.23. The number of fused-ring (bicyclic) bond motifs is 5. The number of rotatable bonds is 6. The molecule has 11 nitrogen and oxygen atoms in total. The average molecular weight is 696 g/mol. The zero-order valence-corrected chi connectivity index (χ0v) is 27.7. The van der Waals surface area contributed by atoms with E-state index in [0.717, 1.165) is 30.4 Å². The molecule has 0 aliphatic carbocycles. The van der Waals surface area contributed by atoms with Gasteiger partial charge in [-0.25, -0.2) is 4.39 Å². The van der Waals surface area contributed by atoms with Crippen LogP contribution in [0.3, 0.4) is 0 Å². The number of aromatic nitrogens is 1. The number of hydrogen-bond donors (Lipinski definition) is 1. The van der Waals surface area contributed by atoms with Crippen molar-refractivity contribution in [1.29, 1.82) is 0 Å². The number of hydrogen-bond acceptors (Lipinski definition) is 8. The average Bonchev–Trinajstić information content (AvgIpc) is 3.75. The minimum atomic E-state index is -0.623. The Labute approximate surface area is 294 Å². The second kappa shape index (κ2) is 13.3. The Morgan fingerprint density at radius 1 is 0.922 bits per heavy atom. The molecule has 5 aromatic rings. The molecule has 51 heavy (non-hydrogen) atoms. The van der Waals surface area contributed by atoms with Crippen LogP contribution >= 0.6 is 0 Å². The summed E-state index contributed by atoms with van der Waals surface area (Å²) in [6, 6.07) is 12.5. The minimum absolute atomic E-state index is 0. The van der Waals surface area contributed by atoms with Gasteiger partial charge in [-0.1, -0.05) is 32.0 Å². The number of nitrogens with one attached hydrogen (secondary N) is 1. The third-order valence-corrected chi connectivity index (χ3v) is 10.6. The number of benzene rings is 3. The highest BCUT2D eigenvalue weighted by Gasteiger charge is 2.35. The molecule has 1 N–H and O–H groups in total. The molecule has 266 valence electrons. The molecule has 0 bridgehead atoms. The summed E-state index contributed by atoms with van der Waals surface area (Å²) in [5.41, 5.74) is 1.89. The van der Waals surface area contributed by atoms with E-state index in [2.05, 4.69) is 10.2 Å². The predicted octanol–water partition coefficient (Wildman–Crippen LogP) is 5.81. The molecule has 3 saturated heterocycles. The Morgan fingerprint density at radius 2 is 1.73 bits per heavy atom. The van der Waals surface area contributed by atoms with Gasteiger partial charge in [0.25, 0.3) is 5.91 Å². The van der Waals surface area contributed by atoms with E-state index in [9.17, 15) is 14.4 Å². The van der Waals surface area contributed by atoms with Crippen LogP contribution in [0.4, 0.5) is 10.1 Å². The highest BCUT2D eigenvalue weighted by atomic mass is 19.1.